The molecule has 1 rings (SSSR count). The molecule has 130 valence electrons. The Hall–Kier alpha value is -0.890. The average Bonchev–Trinajstić information content (AvgIpc) is 2.88. The van der Waals surface area contributed by atoms with E-state index in [-0.39, 0.29) is 12.1 Å². The summed E-state index contributed by atoms with van der Waals surface area (Å²) in [6, 6.07) is 0.542. The number of ether oxygens (including phenoxy) is 1. The number of nitrogens with two attached hydrogens (primary N) is 1. The van der Waals surface area contributed by atoms with E-state index in [0.29, 0.717) is 18.5 Å². The normalized spacial score (nSPS) is 23.5. The van der Waals surface area contributed by atoms with E-state index in [1.54, 1.807) is 14.2 Å². The minimum Gasteiger partial charge on any atom is -0.385 e. The minimum absolute atomic E-state index is 0.106. The van der Waals surface area contributed by atoms with Crippen LogP contribution in [-0.4, -0.2) is 76.5 Å². The lowest BCUT2D eigenvalue weighted by molar-refractivity contribution is 0.190. The largest absolute Gasteiger partial charge is 0.385 e. The van der Waals surface area contributed by atoms with Crippen molar-refractivity contribution in [3.8, 4) is 0 Å². The summed E-state index contributed by atoms with van der Waals surface area (Å²) in [5.41, 5.74) is 5.75. The Morgan fingerprint density at radius 1 is 1.50 bits per heavy atom. The van der Waals surface area contributed by atoms with E-state index in [4.69, 9.17) is 10.5 Å². The van der Waals surface area contributed by atoms with Crippen molar-refractivity contribution in [2.75, 3.05) is 53.5 Å². The Labute approximate surface area is 134 Å². The fraction of sp³-hybridized carbons (Fsp3) is 0.933. The molecule has 0 aromatic carbocycles. The number of rotatable bonds is 10. The molecule has 0 saturated carbocycles. The van der Waals surface area contributed by atoms with E-state index in [1.165, 1.54) is 0 Å². The van der Waals surface area contributed by atoms with Gasteiger partial charge in [0.15, 0.2) is 0 Å². The predicted molar refractivity (Wildman–Crippen MR) is 88.9 cm³/mol. The van der Waals surface area contributed by atoms with Crippen LogP contribution in [0.3, 0.4) is 0 Å². The molecule has 3 atom stereocenters. The number of carbonyl (C=O) groups excluding carboxylic acids is 1. The highest BCUT2D eigenvalue weighted by Gasteiger charge is 2.32. The molecule has 1 heterocycles. The molecule has 7 heteroatoms. The van der Waals surface area contributed by atoms with Gasteiger partial charge in [0.25, 0.3) is 0 Å². The summed E-state index contributed by atoms with van der Waals surface area (Å²) < 4.78 is 5.06. The van der Waals surface area contributed by atoms with Crippen LogP contribution in [0, 0.1) is 5.92 Å². The first-order valence-corrected chi connectivity index (χ1v) is 8.22. The van der Waals surface area contributed by atoms with E-state index in [1.807, 2.05) is 0 Å². The summed E-state index contributed by atoms with van der Waals surface area (Å²) in [6.07, 6.45) is 1.99. The standard InChI is InChI=1S/C15H33N5O2/c1-12(8-16)10-20-11-13(19-15(21)17-2)7-14(20)9-18-5-4-6-22-3/h12-14,18H,4-11,16H2,1-3H3,(H2,17,19,21)/t12-,13+,14-/m0/s1. The van der Waals surface area contributed by atoms with Gasteiger partial charge in [-0.1, -0.05) is 6.92 Å². The van der Waals surface area contributed by atoms with Crippen molar-refractivity contribution in [3.05, 3.63) is 0 Å². The van der Waals surface area contributed by atoms with Gasteiger partial charge in [-0.3, -0.25) is 4.90 Å². The van der Waals surface area contributed by atoms with Gasteiger partial charge in [0.1, 0.15) is 0 Å². The Bertz CT molecular complexity index is 316. The van der Waals surface area contributed by atoms with Crippen LogP contribution >= 0.6 is 0 Å². The maximum atomic E-state index is 11.5. The van der Waals surface area contributed by atoms with E-state index in [0.717, 1.165) is 45.6 Å². The van der Waals surface area contributed by atoms with Crippen molar-refractivity contribution in [2.24, 2.45) is 11.7 Å². The van der Waals surface area contributed by atoms with Crippen molar-refractivity contribution >= 4 is 6.03 Å². The summed E-state index contributed by atoms with van der Waals surface area (Å²) in [4.78, 5) is 13.9. The lowest BCUT2D eigenvalue weighted by Crippen LogP contribution is -2.43. The maximum absolute atomic E-state index is 11.5. The van der Waals surface area contributed by atoms with Crippen LogP contribution in [0.2, 0.25) is 0 Å². The summed E-state index contributed by atoms with van der Waals surface area (Å²) in [5.74, 6) is 0.467. The summed E-state index contributed by atoms with van der Waals surface area (Å²) in [6.45, 7) is 7.41. The van der Waals surface area contributed by atoms with Gasteiger partial charge < -0.3 is 26.4 Å². The Morgan fingerprint density at radius 2 is 2.27 bits per heavy atom. The van der Waals surface area contributed by atoms with Crippen molar-refractivity contribution in [2.45, 2.75) is 31.8 Å². The zero-order valence-electron chi connectivity index (χ0n) is 14.2. The van der Waals surface area contributed by atoms with Gasteiger partial charge >= 0.3 is 6.03 Å². The van der Waals surface area contributed by atoms with Crippen LogP contribution in [-0.2, 0) is 4.74 Å². The van der Waals surface area contributed by atoms with E-state index < -0.39 is 0 Å². The third kappa shape index (κ3) is 6.91. The second kappa shape index (κ2) is 10.8. The Kier molecular flexibility index (Phi) is 9.38. The molecule has 0 radical (unpaired) electrons. The molecule has 0 unspecified atom stereocenters. The first kappa shape index (κ1) is 19.2. The number of hydrogen-bond donors (Lipinski definition) is 4. The average molecular weight is 315 g/mol. The van der Waals surface area contributed by atoms with Crippen LogP contribution in [0.5, 0.6) is 0 Å². The number of amides is 2. The van der Waals surface area contributed by atoms with Gasteiger partial charge in [-0.2, -0.15) is 0 Å². The molecule has 1 aliphatic heterocycles. The van der Waals surface area contributed by atoms with E-state index in [9.17, 15) is 4.79 Å². The van der Waals surface area contributed by atoms with Crippen molar-refractivity contribution in [3.63, 3.8) is 0 Å². The number of methoxy groups -OCH3 is 1. The summed E-state index contributed by atoms with van der Waals surface area (Å²) >= 11 is 0. The van der Waals surface area contributed by atoms with Crippen LogP contribution in [0.25, 0.3) is 0 Å². The van der Waals surface area contributed by atoms with Crippen LogP contribution in [0.1, 0.15) is 19.8 Å². The molecule has 1 fully saturated rings. The number of nitrogens with one attached hydrogen (secondary N) is 3. The van der Waals surface area contributed by atoms with E-state index in [2.05, 4.69) is 27.8 Å². The summed E-state index contributed by atoms with van der Waals surface area (Å²) in [5, 5.41) is 9.13. The molecule has 5 N–H and O–H groups in total. The first-order valence-electron chi connectivity index (χ1n) is 8.22. The Morgan fingerprint density at radius 3 is 2.91 bits per heavy atom. The van der Waals surface area contributed by atoms with Crippen molar-refractivity contribution < 1.29 is 9.53 Å². The van der Waals surface area contributed by atoms with Gasteiger partial charge in [0.05, 0.1) is 0 Å². The molecule has 0 aromatic heterocycles. The van der Waals surface area contributed by atoms with Crippen LogP contribution in [0.4, 0.5) is 4.79 Å². The second-order valence-corrected chi connectivity index (χ2v) is 6.16. The lowest BCUT2D eigenvalue weighted by atomic mass is 10.1. The number of nitrogens with zero attached hydrogens (tertiary/aromatic N) is 1. The molecular formula is C15H33N5O2. The first-order chi connectivity index (χ1) is 10.6. The molecule has 0 aliphatic carbocycles. The smallest absolute Gasteiger partial charge is 0.314 e. The van der Waals surface area contributed by atoms with Crippen LogP contribution in [0.15, 0.2) is 0 Å². The second-order valence-electron chi connectivity index (χ2n) is 6.16. The fourth-order valence-electron chi connectivity index (χ4n) is 2.87. The highest BCUT2D eigenvalue weighted by Crippen LogP contribution is 2.19. The highest BCUT2D eigenvalue weighted by molar-refractivity contribution is 5.73. The SMILES string of the molecule is CNC(=O)N[C@@H]1C[C@@H](CNCCCOC)N(C[C@@H](C)CN)C1. The van der Waals surface area contributed by atoms with Gasteiger partial charge in [0, 0.05) is 52.5 Å². The van der Waals surface area contributed by atoms with Crippen molar-refractivity contribution in [1.82, 2.24) is 20.9 Å². The van der Waals surface area contributed by atoms with Gasteiger partial charge in [-0.05, 0) is 31.8 Å². The molecule has 1 saturated heterocycles. The molecule has 7 nitrogen and oxygen atoms in total. The molecule has 0 bridgehead atoms. The van der Waals surface area contributed by atoms with Gasteiger partial charge in [-0.25, -0.2) is 4.79 Å². The third-order valence-electron chi connectivity index (χ3n) is 4.12. The monoisotopic (exact) mass is 315 g/mol. The zero-order valence-corrected chi connectivity index (χ0v) is 14.2. The number of hydrogen-bond acceptors (Lipinski definition) is 5. The number of urea groups is 1. The molecule has 1 aliphatic rings. The predicted octanol–water partition coefficient (Wildman–Crippen LogP) is -0.421. The third-order valence-corrected chi connectivity index (χ3v) is 4.12. The fourth-order valence-corrected chi connectivity index (χ4v) is 2.87. The number of likely N-dealkylation sites (tertiary alicyclic amines) is 1. The quantitative estimate of drug-likeness (QED) is 0.411. The van der Waals surface area contributed by atoms with Gasteiger partial charge in [0.2, 0.25) is 0 Å². The summed E-state index contributed by atoms with van der Waals surface area (Å²) in [7, 11) is 3.37. The minimum atomic E-state index is -0.106. The lowest BCUT2D eigenvalue weighted by Gasteiger charge is -2.27. The Balaban J connectivity index is 2.43. The highest BCUT2D eigenvalue weighted by atomic mass is 16.5. The molecule has 22 heavy (non-hydrogen) atoms. The molecule has 0 spiro atoms. The topological polar surface area (TPSA) is 91.6 Å². The maximum Gasteiger partial charge on any atom is 0.314 e. The van der Waals surface area contributed by atoms with Crippen molar-refractivity contribution in [1.29, 1.82) is 0 Å². The molecular weight excluding hydrogens is 282 g/mol. The van der Waals surface area contributed by atoms with E-state index >= 15 is 0 Å². The molecule has 2 amide bonds. The number of carbonyl (C=O) groups is 1. The zero-order chi connectivity index (χ0) is 16.4. The van der Waals surface area contributed by atoms with Gasteiger partial charge in [-0.15, -0.1) is 0 Å². The van der Waals surface area contributed by atoms with Crippen LogP contribution < -0.4 is 21.7 Å². The molecule has 0 aromatic rings.